The maximum Gasteiger partial charge on any atom is 0.249 e. The molecule has 0 radical (unpaired) electrons. The Balaban J connectivity index is 2.37. The maximum absolute atomic E-state index is 12.9. The average molecular weight is 237 g/mol. The fourth-order valence-electron chi connectivity index (χ4n) is 1.80. The summed E-state index contributed by atoms with van der Waals surface area (Å²) in [5.41, 5.74) is 6.38. The van der Waals surface area contributed by atoms with Crippen molar-refractivity contribution in [1.82, 2.24) is 5.32 Å². The molecule has 1 aliphatic heterocycles. The molecule has 1 fully saturated rings. The van der Waals surface area contributed by atoms with E-state index < -0.39 is 17.8 Å². The number of hydrogen-bond donors (Lipinski definition) is 2. The summed E-state index contributed by atoms with van der Waals surface area (Å²) < 4.78 is 12.9. The van der Waals surface area contributed by atoms with E-state index in [0.29, 0.717) is 5.69 Å². The van der Waals surface area contributed by atoms with Crippen molar-refractivity contribution in [3.8, 4) is 0 Å². The van der Waals surface area contributed by atoms with Crippen molar-refractivity contribution >= 4 is 23.2 Å². The molecule has 6 heteroatoms. The molecule has 0 bridgehead atoms. The lowest BCUT2D eigenvalue weighted by atomic mass is 10.1. The average Bonchev–Trinajstić information content (AvgIpc) is 2.24. The lowest BCUT2D eigenvalue weighted by molar-refractivity contribution is -0.132. The smallest absolute Gasteiger partial charge is 0.249 e. The first-order valence-electron chi connectivity index (χ1n) is 5.14. The Hall–Kier alpha value is -2.11. The number of halogens is 1. The molecule has 1 atom stereocenters. The van der Waals surface area contributed by atoms with Crippen LogP contribution in [0.3, 0.4) is 0 Å². The molecule has 2 amide bonds. The highest BCUT2D eigenvalue weighted by Gasteiger charge is 2.31. The van der Waals surface area contributed by atoms with Crippen LogP contribution in [0, 0.1) is 5.82 Å². The zero-order chi connectivity index (χ0) is 12.6. The van der Waals surface area contributed by atoms with Crippen molar-refractivity contribution in [2.45, 2.75) is 13.0 Å². The fourth-order valence-corrected chi connectivity index (χ4v) is 1.80. The van der Waals surface area contributed by atoms with E-state index in [0.717, 1.165) is 0 Å². The molecule has 0 aromatic heterocycles. The van der Waals surface area contributed by atoms with E-state index in [2.05, 4.69) is 5.32 Å². The highest BCUT2D eigenvalue weighted by Crippen LogP contribution is 2.26. The Labute approximate surface area is 97.4 Å². The van der Waals surface area contributed by atoms with Crippen LogP contribution in [0.2, 0.25) is 0 Å². The number of hydrogen-bond acceptors (Lipinski definition) is 4. The zero-order valence-corrected chi connectivity index (χ0v) is 9.24. The van der Waals surface area contributed by atoms with Gasteiger partial charge in [-0.1, -0.05) is 0 Å². The van der Waals surface area contributed by atoms with Crippen LogP contribution in [-0.4, -0.2) is 24.4 Å². The van der Waals surface area contributed by atoms with E-state index in [1.807, 2.05) is 0 Å². The van der Waals surface area contributed by atoms with Crippen LogP contribution in [0.25, 0.3) is 0 Å². The van der Waals surface area contributed by atoms with Crippen LogP contribution < -0.4 is 16.0 Å². The van der Waals surface area contributed by atoms with Crippen LogP contribution in [0.1, 0.15) is 6.92 Å². The molecule has 0 spiro atoms. The first kappa shape index (κ1) is 11.4. The van der Waals surface area contributed by atoms with Crippen molar-refractivity contribution in [1.29, 1.82) is 0 Å². The number of carbonyl (C=O) groups is 2. The first-order valence-corrected chi connectivity index (χ1v) is 5.14. The van der Waals surface area contributed by atoms with Gasteiger partial charge in [-0.15, -0.1) is 0 Å². The number of piperazine rings is 1. The van der Waals surface area contributed by atoms with Crippen molar-refractivity contribution in [2.75, 3.05) is 17.2 Å². The largest absolute Gasteiger partial charge is 0.397 e. The Morgan fingerprint density at radius 1 is 1.47 bits per heavy atom. The quantitative estimate of drug-likeness (QED) is 0.542. The van der Waals surface area contributed by atoms with Gasteiger partial charge in [0.25, 0.3) is 0 Å². The van der Waals surface area contributed by atoms with Gasteiger partial charge < -0.3 is 10.6 Å². The minimum Gasteiger partial charge on any atom is -0.397 e. The molecule has 1 aromatic rings. The number of amides is 2. The molecule has 17 heavy (non-hydrogen) atoms. The monoisotopic (exact) mass is 237 g/mol. The van der Waals surface area contributed by atoms with Crippen molar-refractivity contribution in [3.05, 3.63) is 24.0 Å². The molecule has 1 unspecified atom stereocenters. The number of nitrogens with one attached hydrogen (secondary N) is 1. The van der Waals surface area contributed by atoms with Crippen LogP contribution in [0.15, 0.2) is 18.2 Å². The van der Waals surface area contributed by atoms with Gasteiger partial charge in [0.1, 0.15) is 11.9 Å². The van der Waals surface area contributed by atoms with Gasteiger partial charge in [-0.3, -0.25) is 14.9 Å². The second-order valence-corrected chi connectivity index (χ2v) is 3.92. The predicted octanol–water partition coefficient (Wildman–Crippen LogP) is 0.259. The van der Waals surface area contributed by atoms with Gasteiger partial charge in [0.05, 0.1) is 17.9 Å². The molecule has 1 aromatic carbocycles. The van der Waals surface area contributed by atoms with E-state index in [1.54, 1.807) is 11.8 Å². The van der Waals surface area contributed by atoms with Crippen LogP contribution in [0.4, 0.5) is 15.8 Å². The highest BCUT2D eigenvalue weighted by molar-refractivity contribution is 6.05. The lowest BCUT2D eigenvalue weighted by Gasteiger charge is -2.34. The predicted molar refractivity (Wildman–Crippen MR) is 60.8 cm³/mol. The number of imide groups is 1. The number of anilines is 2. The van der Waals surface area contributed by atoms with Gasteiger partial charge in [0.15, 0.2) is 0 Å². The lowest BCUT2D eigenvalue weighted by Crippen LogP contribution is -2.57. The number of rotatable bonds is 1. The number of carbonyl (C=O) groups excluding carboxylic acids is 2. The molecule has 5 nitrogen and oxygen atoms in total. The first-order chi connectivity index (χ1) is 7.99. The van der Waals surface area contributed by atoms with Crippen LogP contribution in [0.5, 0.6) is 0 Å². The zero-order valence-electron chi connectivity index (χ0n) is 9.24. The summed E-state index contributed by atoms with van der Waals surface area (Å²) >= 11 is 0. The summed E-state index contributed by atoms with van der Waals surface area (Å²) in [6.45, 7) is 1.69. The third-order valence-corrected chi connectivity index (χ3v) is 2.72. The molecular formula is C11H12FN3O2. The second kappa shape index (κ2) is 4.04. The second-order valence-electron chi connectivity index (χ2n) is 3.92. The Bertz CT molecular complexity index is 490. The number of nitrogens with zero attached hydrogens (tertiary/aromatic N) is 1. The maximum atomic E-state index is 12.9. The van der Waals surface area contributed by atoms with Gasteiger partial charge in [-0.25, -0.2) is 4.39 Å². The molecule has 0 saturated carbocycles. The Morgan fingerprint density at radius 2 is 2.18 bits per heavy atom. The van der Waals surface area contributed by atoms with Crippen molar-refractivity contribution in [2.24, 2.45) is 0 Å². The van der Waals surface area contributed by atoms with Gasteiger partial charge in [0.2, 0.25) is 11.8 Å². The summed E-state index contributed by atoms with van der Waals surface area (Å²) in [6, 6.07) is 3.36. The van der Waals surface area contributed by atoms with Crippen molar-refractivity contribution in [3.63, 3.8) is 0 Å². The molecular weight excluding hydrogens is 225 g/mol. The Kier molecular flexibility index (Phi) is 2.71. The third-order valence-electron chi connectivity index (χ3n) is 2.72. The standard InChI is InChI=1S/C11H12FN3O2/c1-6-11(17)14-10(16)5-15(6)9-3-2-7(12)4-8(9)13/h2-4,6H,5,13H2,1H3,(H,14,16,17). The molecule has 90 valence electrons. The SMILES string of the molecule is CC1C(=O)NC(=O)CN1c1ccc(F)cc1N. The molecule has 1 aliphatic rings. The summed E-state index contributed by atoms with van der Waals surface area (Å²) in [7, 11) is 0. The Morgan fingerprint density at radius 3 is 2.82 bits per heavy atom. The molecule has 3 N–H and O–H groups in total. The number of nitrogen functional groups attached to an aromatic ring is 1. The summed E-state index contributed by atoms with van der Waals surface area (Å²) in [6.07, 6.45) is 0. The van der Waals surface area contributed by atoms with Gasteiger partial charge in [-0.05, 0) is 25.1 Å². The number of benzene rings is 1. The third kappa shape index (κ3) is 2.06. The minimum absolute atomic E-state index is 0.0305. The molecule has 2 rings (SSSR count). The van der Waals surface area contributed by atoms with Gasteiger partial charge in [-0.2, -0.15) is 0 Å². The summed E-state index contributed by atoms with van der Waals surface area (Å²) in [5, 5.41) is 2.23. The highest BCUT2D eigenvalue weighted by atomic mass is 19.1. The van der Waals surface area contributed by atoms with Gasteiger partial charge >= 0.3 is 0 Å². The van der Waals surface area contributed by atoms with E-state index in [1.165, 1.54) is 18.2 Å². The van der Waals surface area contributed by atoms with E-state index >= 15 is 0 Å². The van der Waals surface area contributed by atoms with Crippen LogP contribution >= 0.6 is 0 Å². The molecule has 1 saturated heterocycles. The molecule has 0 aliphatic carbocycles. The van der Waals surface area contributed by atoms with E-state index in [4.69, 9.17) is 5.73 Å². The minimum atomic E-state index is -0.513. The topological polar surface area (TPSA) is 75.4 Å². The van der Waals surface area contributed by atoms with Crippen molar-refractivity contribution < 1.29 is 14.0 Å². The number of nitrogens with two attached hydrogens (primary N) is 1. The van der Waals surface area contributed by atoms with Gasteiger partial charge in [0, 0.05) is 0 Å². The van der Waals surface area contributed by atoms with E-state index in [9.17, 15) is 14.0 Å². The summed E-state index contributed by atoms with van der Waals surface area (Å²) in [4.78, 5) is 24.3. The van der Waals surface area contributed by atoms with E-state index in [-0.39, 0.29) is 18.1 Å². The van der Waals surface area contributed by atoms with Crippen LogP contribution in [-0.2, 0) is 9.59 Å². The normalized spacial score (nSPS) is 20.4. The summed E-state index contributed by atoms with van der Waals surface area (Å²) in [5.74, 6) is -1.23. The fraction of sp³-hybridized carbons (Fsp3) is 0.273. The molecule has 1 heterocycles.